The van der Waals surface area contributed by atoms with E-state index in [0.29, 0.717) is 25.9 Å². The number of piperidine rings is 1. The molecule has 1 aliphatic heterocycles. The van der Waals surface area contributed by atoms with Crippen molar-refractivity contribution in [2.45, 2.75) is 44.0 Å². The maximum absolute atomic E-state index is 13.1. The lowest BCUT2D eigenvalue weighted by atomic mass is 9.87. The predicted molar refractivity (Wildman–Crippen MR) is 106 cm³/mol. The Morgan fingerprint density at radius 3 is 2.48 bits per heavy atom. The van der Waals surface area contributed by atoms with Gasteiger partial charge in [-0.2, -0.15) is 4.31 Å². The summed E-state index contributed by atoms with van der Waals surface area (Å²) in [5.74, 6) is -0.942. The van der Waals surface area contributed by atoms with Gasteiger partial charge in [-0.1, -0.05) is 13.8 Å². The average Bonchev–Trinajstić information content (AvgIpc) is 2.61. The van der Waals surface area contributed by atoms with E-state index in [2.05, 4.69) is 5.32 Å². The Kier molecular flexibility index (Phi) is 8.22. The van der Waals surface area contributed by atoms with Crippen LogP contribution in [0.25, 0.3) is 0 Å². The number of hydrogen-bond acceptors (Lipinski definition) is 4. The number of sulfonamides is 1. The fourth-order valence-electron chi connectivity index (χ4n) is 2.94. The molecule has 1 aliphatic rings. The normalized spacial score (nSPS) is 20.6. The second-order valence-corrected chi connectivity index (χ2v) is 9.36. The molecule has 0 radical (unpaired) electrons. The highest BCUT2D eigenvalue weighted by molar-refractivity contribution is 7.89. The van der Waals surface area contributed by atoms with Crippen molar-refractivity contribution in [3.05, 3.63) is 30.1 Å². The molecule has 0 saturated carbocycles. The molecule has 6 nitrogen and oxygen atoms in total. The van der Waals surface area contributed by atoms with E-state index in [-0.39, 0.29) is 35.7 Å². The molecule has 1 amide bonds. The highest BCUT2D eigenvalue weighted by atomic mass is 35.5. The van der Waals surface area contributed by atoms with Crippen LogP contribution >= 0.6 is 12.4 Å². The molecule has 2 rings (SSSR count). The van der Waals surface area contributed by atoms with Gasteiger partial charge in [-0.05, 0) is 49.9 Å². The molecule has 1 aromatic rings. The Morgan fingerprint density at radius 2 is 1.96 bits per heavy atom. The Labute approximate surface area is 167 Å². The van der Waals surface area contributed by atoms with Crippen LogP contribution in [-0.2, 0) is 14.8 Å². The van der Waals surface area contributed by atoms with Gasteiger partial charge in [-0.15, -0.1) is 12.4 Å². The summed E-state index contributed by atoms with van der Waals surface area (Å²) >= 11 is 0. The van der Waals surface area contributed by atoms with Crippen LogP contribution in [0.15, 0.2) is 29.2 Å². The first-order valence-corrected chi connectivity index (χ1v) is 10.3. The Balaban J connectivity index is 0.00000364. The van der Waals surface area contributed by atoms with E-state index >= 15 is 0 Å². The molecule has 0 spiro atoms. The summed E-state index contributed by atoms with van der Waals surface area (Å²) in [7, 11) is -3.75. The minimum absolute atomic E-state index is 0. The number of nitrogens with zero attached hydrogens (tertiary/aromatic N) is 1. The summed E-state index contributed by atoms with van der Waals surface area (Å²) in [6, 6.07) is 4.74. The zero-order valence-electron chi connectivity index (χ0n) is 15.9. The van der Waals surface area contributed by atoms with Crippen LogP contribution in [0, 0.1) is 17.7 Å². The second kappa shape index (κ2) is 9.32. The Morgan fingerprint density at radius 1 is 1.37 bits per heavy atom. The van der Waals surface area contributed by atoms with E-state index in [0.717, 1.165) is 12.1 Å². The maximum Gasteiger partial charge on any atom is 0.243 e. The second-order valence-electron chi connectivity index (χ2n) is 7.42. The third kappa shape index (κ3) is 5.40. The summed E-state index contributed by atoms with van der Waals surface area (Å²) in [4.78, 5) is 12.7. The van der Waals surface area contributed by atoms with Gasteiger partial charge in [0.2, 0.25) is 15.9 Å². The van der Waals surface area contributed by atoms with Gasteiger partial charge < -0.3 is 11.1 Å². The molecule has 3 N–H and O–H groups in total. The van der Waals surface area contributed by atoms with Gasteiger partial charge in [-0.25, -0.2) is 12.8 Å². The molecular formula is C18H29ClFN3O3S. The topological polar surface area (TPSA) is 92.5 Å². The van der Waals surface area contributed by atoms with Gasteiger partial charge in [0.25, 0.3) is 0 Å². The minimum atomic E-state index is -3.75. The van der Waals surface area contributed by atoms with Crippen molar-refractivity contribution in [2.75, 3.05) is 19.6 Å². The number of hydrogen-bond donors (Lipinski definition) is 2. The van der Waals surface area contributed by atoms with Crippen molar-refractivity contribution >= 4 is 28.3 Å². The zero-order valence-corrected chi connectivity index (χ0v) is 17.6. The van der Waals surface area contributed by atoms with Crippen LogP contribution in [0.1, 0.15) is 33.6 Å². The maximum atomic E-state index is 13.1. The van der Waals surface area contributed by atoms with Crippen molar-refractivity contribution in [1.82, 2.24) is 9.62 Å². The Hall–Kier alpha value is -1.22. The summed E-state index contributed by atoms with van der Waals surface area (Å²) < 4.78 is 39.9. The van der Waals surface area contributed by atoms with E-state index in [1.165, 1.54) is 16.4 Å². The minimum Gasteiger partial charge on any atom is -0.349 e. The number of halogens is 2. The van der Waals surface area contributed by atoms with Gasteiger partial charge in [0, 0.05) is 19.6 Å². The van der Waals surface area contributed by atoms with Gasteiger partial charge >= 0.3 is 0 Å². The van der Waals surface area contributed by atoms with Crippen LogP contribution in [0.5, 0.6) is 0 Å². The first-order valence-electron chi connectivity index (χ1n) is 8.88. The standard InChI is InChI=1S/C18H28FN3O3S.ClH/c1-13(2)18(3,12-20)21-17(23)14-5-4-10-22(11-14)26(24,25)16-8-6-15(19)7-9-16;/h6-9,13-14H,4-5,10-12,20H2,1-3H3,(H,21,23);1H. The van der Waals surface area contributed by atoms with Gasteiger partial charge in [0.15, 0.2) is 0 Å². The third-order valence-corrected chi connectivity index (χ3v) is 7.19. The van der Waals surface area contributed by atoms with E-state index in [9.17, 15) is 17.6 Å². The summed E-state index contributed by atoms with van der Waals surface area (Å²) in [5.41, 5.74) is 5.29. The average molecular weight is 422 g/mol. The number of carbonyl (C=O) groups excluding carboxylic acids is 1. The molecule has 0 aliphatic carbocycles. The molecule has 1 heterocycles. The zero-order chi connectivity index (χ0) is 19.5. The van der Waals surface area contributed by atoms with Crippen LogP contribution in [0.3, 0.4) is 0 Å². The lowest BCUT2D eigenvalue weighted by Gasteiger charge is -2.37. The van der Waals surface area contributed by atoms with Crippen molar-refractivity contribution in [2.24, 2.45) is 17.6 Å². The molecule has 27 heavy (non-hydrogen) atoms. The first kappa shape index (κ1) is 23.8. The number of nitrogens with one attached hydrogen (secondary N) is 1. The highest BCUT2D eigenvalue weighted by Crippen LogP contribution is 2.25. The van der Waals surface area contributed by atoms with E-state index in [4.69, 9.17) is 5.73 Å². The van der Waals surface area contributed by atoms with Crippen molar-refractivity contribution < 1.29 is 17.6 Å². The molecule has 1 fully saturated rings. The lowest BCUT2D eigenvalue weighted by Crippen LogP contribution is -2.58. The quantitative estimate of drug-likeness (QED) is 0.735. The molecule has 154 valence electrons. The van der Waals surface area contributed by atoms with Crippen molar-refractivity contribution in [3.63, 3.8) is 0 Å². The monoisotopic (exact) mass is 421 g/mol. The number of rotatable bonds is 6. The fourth-order valence-corrected chi connectivity index (χ4v) is 4.47. The van der Waals surface area contributed by atoms with Gasteiger partial charge in [-0.3, -0.25) is 4.79 Å². The van der Waals surface area contributed by atoms with Crippen molar-refractivity contribution in [1.29, 1.82) is 0 Å². The highest BCUT2D eigenvalue weighted by Gasteiger charge is 2.36. The summed E-state index contributed by atoms with van der Waals surface area (Å²) in [5, 5.41) is 3.00. The third-order valence-electron chi connectivity index (χ3n) is 5.31. The largest absolute Gasteiger partial charge is 0.349 e. The number of amides is 1. The van der Waals surface area contributed by atoms with Crippen molar-refractivity contribution in [3.8, 4) is 0 Å². The van der Waals surface area contributed by atoms with Crippen LogP contribution < -0.4 is 11.1 Å². The first-order chi connectivity index (χ1) is 12.1. The van der Waals surface area contributed by atoms with E-state index in [1.807, 2.05) is 20.8 Å². The Bertz CT molecular complexity index is 743. The van der Waals surface area contributed by atoms with Crippen LogP contribution in [0.2, 0.25) is 0 Å². The van der Waals surface area contributed by atoms with Gasteiger partial charge in [0.05, 0.1) is 16.4 Å². The summed E-state index contributed by atoms with van der Waals surface area (Å²) in [6.45, 7) is 6.64. The number of carbonyl (C=O) groups is 1. The molecule has 0 bridgehead atoms. The molecule has 2 unspecified atom stereocenters. The molecule has 2 atom stereocenters. The summed E-state index contributed by atoms with van der Waals surface area (Å²) in [6.07, 6.45) is 1.22. The number of nitrogens with two attached hydrogens (primary N) is 1. The molecule has 0 aromatic heterocycles. The molecule has 1 aromatic carbocycles. The molecule has 9 heteroatoms. The van der Waals surface area contributed by atoms with Crippen LogP contribution in [-0.4, -0.2) is 43.8 Å². The molecular weight excluding hydrogens is 393 g/mol. The molecule has 1 saturated heterocycles. The van der Waals surface area contributed by atoms with E-state index in [1.54, 1.807) is 0 Å². The fraction of sp³-hybridized carbons (Fsp3) is 0.611. The predicted octanol–water partition coefficient (Wildman–Crippen LogP) is 2.14. The van der Waals surface area contributed by atoms with Gasteiger partial charge in [0.1, 0.15) is 5.82 Å². The SMILES string of the molecule is CC(C)C(C)(CN)NC(=O)C1CCCN(S(=O)(=O)c2ccc(F)cc2)C1.Cl. The van der Waals surface area contributed by atoms with E-state index < -0.39 is 27.3 Å². The smallest absolute Gasteiger partial charge is 0.243 e. The number of benzene rings is 1. The van der Waals surface area contributed by atoms with Crippen LogP contribution in [0.4, 0.5) is 4.39 Å². The lowest BCUT2D eigenvalue weighted by molar-refractivity contribution is -0.128.